The van der Waals surface area contributed by atoms with Gasteiger partial charge in [-0.3, -0.25) is 4.79 Å². The van der Waals surface area contributed by atoms with Gasteiger partial charge in [0.15, 0.2) is 0 Å². The van der Waals surface area contributed by atoms with E-state index in [0.29, 0.717) is 30.3 Å². The second-order valence-electron chi connectivity index (χ2n) is 6.19. The molecule has 0 aliphatic carbocycles. The zero-order valence-electron chi connectivity index (χ0n) is 14.0. The predicted octanol–water partition coefficient (Wildman–Crippen LogP) is 2.89. The Labute approximate surface area is 135 Å². The number of nitrogens with one attached hydrogen (secondary N) is 1. The van der Waals surface area contributed by atoms with Crippen molar-refractivity contribution >= 4 is 16.9 Å². The van der Waals surface area contributed by atoms with Gasteiger partial charge in [0.1, 0.15) is 11.1 Å². The van der Waals surface area contributed by atoms with Crippen LogP contribution in [0.1, 0.15) is 36.7 Å². The molecule has 1 heterocycles. The lowest BCUT2D eigenvalue weighted by Crippen LogP contribution is -2.38. The number of hydrogen-bond donors (Lipinski definition) is 1. The average Bonchev–Trinajstić information content (AvgIpc) is 2.46. The van der Waals surface area contributed by atoms with Gasteiger partial charge in [-0.05, 0) is 31.4 Å². The van der Waals surface area contributed by atoms with E-state index < -0.39 is 11.5 Å². The van der Waals surface area contributed by atoms with Crippen LogP contribution in [0.2, 0.25) is 0 Å². The molecule has 0 spiro atoms. The first-order chi connectivity index (χ1) is 10.9. The van der Waals surface area contributed by atoms with Gasteiger partial charge in [0.05, 0.1) is 6.61 Å². The van der Waals surface area contributed by atoms with Gasteiger partial charge in [0.25, 0.3) is 5.91 Å². The smallest absolute Gasteiger partial charge is 0.349 e. The van der Waals surface area contributed by atoms with E-state index in [1.807, 2.05) is 19.1 Å². The van der Waals surface area contributed by atoms with Crippen LogP contribution in [-0.2, 0) is 4.74 Å². The molecule has 124 valence electrons. The van der Waals surface area contributed by atoms with E-state index in [4.69, 9.17) is 9.15 Å². The molecule has 5 nitrogen and oxygen atoms in total. The van der Waals surface area contributed by atoms with Crippen LogP contribution in [0.4, 0.5) is 0 Å². The molecule has 2 rings (SSSR count). The number of ether oxygens (including phenoxy) is 1. The third-order valence-corrected chi connectivity index (χ3v) is 3.50. The maximum Gasteiger partial charge on any atom is 0.349 e. The zero-order chi connectivity index (χ0) is 17.0. The van der Waals surface area contributed by atoms with Crippen molar-refractivity contribution in [3.05, 3.63) is 45.8 Å². The summed E-state index contributed by atoms with van der Waals surface area (Å²) in [6.07, 6.45) is 0. The number of carbonyl (C=O) groups is 1. The fourth-order valence-corrected chi connectivity index (χ4v) is 2.39. The summed E-state index contributed by atoms with van der Waals surface area (Å²) in [6, 6.07) is 7.00. The molecular weight excluding hydrogens is 294 g/mol. The van der Waals surface area contributed by atoms with E-state index in [2.05, 4.69) is 19.2 Å². The Balaban J connectivity index is 2.16. The molecule has 0 aliphatic heterocycles. The van der Waals surface area contributed by atoms with Crippen molar-refractivity contribution in [3.8, 4) is 0 Å². The number of aryl methyl sites for hydroxylation is 1. The van der Waals surface area contributed by atoms with Gasteiger partial charge < -0.3 is 14.5 Å². The molecule has 0 unspecified atom stereocenters. The number of amides is 1. The largest absolute Gasteiger partial charge is 0.422 e. The van der Waals surface area contributed by atoms with Crippen molar-refractivity contribution in [2.45, 2.75) is 33.7 Å². The van der Waals surface area contributed by atoms with Crippen molar-refractivity contribution in [3.63, 3.8) is 0 Å². The van der Waals surface area contributed by atoms with Crippen LogP contribution in [0.25, 0.3) is 11.0 Å². The summed E-state index contributed by atoms with van der Waals surface area (Å²) in [6.45, 7) is 8.77. The van der Waals surface area contributed by atoms with Crippen LogP contribution < -0.4 is 10.9 Å². The maximum atomic E-state index is 12.4. The van der Waals surface area contributed by atoms with Gasteiger partial charge in [-0.15, -0.1) is 0 Å². The first-order valence-corrected chi connectivity index (χ1v) is 7.81. The predicted molar refractivity (Wildman–Crippen MR) is 89.8 cm³/mol. The topological polar surface area (TPSA) is 68.5 Å². The minimum absolute atomic E-state index is 0.0550. The summed E-state index contributed by atoms with van der Waals surface area (Å²) in [5.74, 6) is 0.00956. The molecule has 0 aliphatic rings. The van der Waals surface area contributed by atoms with Crippen molar-refractivity contribution in [2.75, 3.05) is 13.2 Å². The molecule has 0 radical (unpaired) electrons. The lowest BCUT2D eigenvalue weighted by Gasteiger charge is -2.16. The van der Waals surface area contributed by atoms with Gasteiger partial charge in [-0.1, -0.05) is 32.0 Å². The molecule has 0 saturated carbocycles. The van der Waals surface area contributed by atoms with E-state index in [1.165, 1.54) is 0 Å². The van der Waals surface area contributed by atoms with Crippen molar-refractivity contribution in [1.29, 1.82) is 0 Å². The highest BCUT2D eigenvalue weighted by Gasteiger charge is 2.19. The van der Waals surface area contributed by atoms with Gasteiger partial charge in [-0.2, -0.15) is 0 Å². The quantitative estimate of drug-likeness (QED) is 0.832. The van der Waals surface area contributed by atoms with E-state index in [-0.39, 0.29) is 11.6 Å². The summed E-state index contributed by atoms with van der Waals surface area (Å²) in [7, 11) is 0. The Kier molecular flexibility index (Phi) is 5.55. The molecule has 1 atom stereocenters. The first kappa shape index (κ1) is 17.2. The van der Waals surface area contributed by atoms with Crippen LogP contribution >= 0.6 is 0 Å². The number of rotatable bonds is 6. The number of fused-ring (bicyclic) bond motifs is 1. The fraction of sp³-hybridized carbons (Fsp3) is 0.444. The number of para-hydroxylation sites is 1. The van der Waals surface area contributed by atoms with Crippen molar-refractivity contribution < 1.29 is 13.9 Å². The zero-order valence-corrected chi connectivity index (χ0v) is 14.0. The molecule has 23 heavy (non-hydrogen) atoms. The summed E-state index contributed by atoms with van der Waals surface area (Å²) in [5, 5.41) is 3.56. The van der Waals surface area contributed by atoms with E-state index in [0.717, 1.165) is 5.39 Å². The monoisotopic (exact) mass is 317 g/mol. The molecule has 1 amide bonds. The average molecular weight is 317 g/mol. The number of carbonyl (C=O) groups excluding carboxylic acids is 1. The Morgan fingerprint density at radius 1 is 1.22 bits per heavy atom. The molecule has 2 aromatic rings. The van der Waals surface area contributed by atoms with E-state index >= 15 is 0 Å². The van der Waals surface area contributed by atoms with Gasteiger partial charge in [0.2, 0.25) is 0 Å². The van der Waals surface area contributed by atoms with Crippen LogP contribution in [-0.4, -0.2) is 25.2 Å². The van der Waals surface area contributed by atoms with Gasteiger partial charge in [-0.25, -0.2) is 4.79 Å². The SMILES string of the molecule is Cc1c(C(=O)N[C@H](C)COCC(C)C)c(=O)oc2ccccc12. The Morgan fingerprint density at radius 3 is 2.61 bits per heavy atom. The molecule has 0 fully saturated rings. The lowest BCUT2D eigenvalue weighted by atomic mass is 10.1. The summed E-state index contributed by atoms with van der Waals surface area (Å²) < 4.78 is 10.7. The first-order valence-electron chi connectivity index (χ1n) is 7.81. The summed E-state index contributed by atoms with van der Waals surface area (Å²) in [5.41, 5.74) is 0.554. The third kappa shape index (κ3) is 4.20. The van der Waals surface area contributed by atoms with Crippen LogP contribution in [0, 0.1) is 12.8 Å². The molecule has 1 aromatic heterocycles. The highest BCUT2D eigenvalue weighted by atomic mass is 16.5. The van der Waals surface area contributed by atoms with Gasteiger partial charge in [0, 0.05) is 18.0 Å². The lowest BCUT2D eigenvalue weighted by molar-refractivity contribution is 0.0789. The second-order valence-corrected chi connectivity index (χ2v) is 6.19. The molecule has 5 heteroatoms. The maximum absolute atomic E-state index is 12.4. The van der Waals surface area contributed by atoms with Crippen LogP contribution in [0.3, 0.4) is 0 Å². The highest BCUT2D eigenvalue weighted by Crippen LogP contribution is 2.18. The minimum atomic E-state index is -0.617. The van der Waals surface area contributed by atoms with E-state index in [9.17, 15) is 9.59 Å². The molecular formula is C18H23NO4. The number of benzene rings is 1. The number of hydrogen-bond acceptors (Lipinski definition) is 4. The van der Waals surface area contributed by atoms with Crippen LogP contribution in [0.5, 0.6) is 0 Å². The summed E-state index contributed by atoms with van der Waals surface area (Å²) >= 11 is 0. The molecule has 1 aromatic carbocycles. The van der Waals surface area contributed by atoms with E-state index in [1.54, 1.807) is 19.1 Å². The van der Waals surface area contributed by atoms with Crippen LogP contribution in [0.15, 0.2) is 33.5 Å². The Morgan fingerprint density at radius 2 is 1.91 bits per heavy atom. The Hall–Kier alpha value is -2.14. The van der Waals surface area contributed by atoms with Gasteiger partial charge >= 0.3 is 5.63 Å². The van der Waals surface area contributed by atoms with Crippen molar-refractivity contribution in [1.82, 2.24) is 5.32 Å². The molecule has 0 saturated heterocycles. The highest BCUT2D eigenvalue weighted by molar-refractivity contribution is 5.99. The molecule has 0 bridgehead atoms. The van der Waals surface area contributed by atoms with Crippen molar-refractivity contribution in [2.24, 2.45) is 5.92 Å². The normalized spacial score (nSPS) is 12.6. The minimum Gasteiger partial charge on any atom is -0.422 e. The summed E-state index contributed by atoms with van der Waals surface area (Å²) in [4.78, 5) is 24.5. The fourth-order valence-electron chi connectivity index (χ4n) is 2.39. The Bertz CT molecular complexity index is 748. The molecule has 1 N–H and O–H groups in total. The third-order valence-electron chi connectivity index (χ3n) is 3.50. The second kappa shape index (κ2) is 7.42. The standard InChI is InChI=1S/C18H23NO4/c1-11(2)9-22-10-12(3)19-17(20)16-13(4)14-7-5-6-8-15(14)23-18(16)21/h5-8,11-12H,9-10H2,1-4H3,(H,19,20)/t12-/m1/s1.